The third-order valence-corrected chi connectivity index (χ3v) is 3.49. The summed E-state index contributed by atoms with van der Waals surface area (Å²) in [6.45, 7) is 9.30. The molecule has 0 aromatic heterocycles. The molecule has 1 aliphatic heterocycles. The van der Waals surface area contributed by atoms with Gasteiger partial charge in [-0.1, -0.05) is 13.0 Å². The Kier molecular flexibility index (Phi) is 3.72. The molecule has 1 aliphatic rings. The van der Waals surface area contributed by atoms with E-state index in [9.17, 15) is 0 Å². The summed E-state index contributed by atoms with van der Waals surface area (Å²) in [6.07, 6.45) is 2.00. The summed E-state index contributed by atoms with van der Waals surface area (Å²) in [7, 11) is 0. The van der Waals surface area contributed by atoms with E-state index in [0.717, 1.165) is 18.8 Å². The third kappa shape index (κ3) is 3.01. The van der Waals surface area contributed by atoms with E-state index < -0.39 is 0 Å². The average Bonchev–Trinajstić information content (AvgIpc) is 3.00. The van der Waals surface area contributed by atoms with Crippen LogP contribution in [-0.2, 0) is 11.2 Å². The number of hydrogen-bond acceptors (Lipinski definition) is 2. The molecule has 0 spiro atoms. The number of epoxide rings is 1. The first-order chi connectivity index (χ1) is 8.11. The van der Waals surface area contributed by atoms with Crippen molar-refractivity contribution < 1.29 is 9.47 Å². The Morgan fingerprint density at radius 2 is 2.12 bits per heavy atom. The van der Waals surface area contributed by atoms with E-state index in [0.29, 0.717) is 18.1 Å². The second-order valence-electron chi connectivity index (χ2n) is 5.01. The predicted octanol–water partition coefficient (Wildman–Crippen LogP) is 3.36. The second-order valence-corrected chi connectivity index (χ2v) is 5.01. The van der Waals surface area contributed by atoms with Crippen LogP contribution in [0.5, 0.6) is 5.75 Å². The molecular weight excluding hydrogens is 212 g/mol. The first kappa shape index (κ1) is 12.4. The predicted molar refractivity (Wildman–Crippen MR) is 69.6 cm³/mol. The highest BCUT2D eigenvalue weighted by atomic mass is 16.6. The first-order valence-electron chi connectivity index (χ1n) is 6.49. The normalized spacial score (nSPS) is 24.5. The molecule has 3 atom stereocenters. The van der Waals surface area contributed by atoms with Crippen LogP contribution >= 0.6 is 0 Å². The van der Waals surface area contributed by atoms with E-state index in [-0.39, 0.29) is 0 Å². The van der Waals surface area contributed by atoms with Gasteiger partial charge in [-0.3, -0.25) is 0 Å². The Morgan fingerprint density at radius 3 is 2.65 bits per heavy atom. The van der Waals surface area contributed by atoms with Gasteiger partial charge in [-0.25, -0.2) is 0 Å². The highest BCUT2D eigenvalue weighted by molar-refractivity contribution is 5.35. The molecule has 2 rings (SSSR count). The minimum absolute atomic E-state index is 0.452. The van der Waals surface area contributed by atoms with Crippen molar-refractivity contribution in [2.75, 3.05) is 6.61 Å². The highest BCUT2D eigenvalue weighted by Crippen LogP contribution is 2.31. The number of aryl methyl sites for hydroxylation is 1. The molecule has 0 aliphatic carbocycles. The fraction of sp³-hybridized carbons (Fsp3) is 0.600. The number of rotatable bonds is 5. The summed E-state index contributed by atoms with van der Waals surface area (Å²) in [5.41, 5.74) is 2.72. The molecule has 2 nitrogen and oxygen atoms in total. The fourth-order valence-electron chi connectivity index (χ4n) is 2.42. The summed E-state index contributed by atoms with van der Waals surface area (Å²) in [6, 6.07) is 6.38. The van der Waals surface area contributed by atoms with Gasteiger partial charge >= 0.3 is 0 Å². The summed E-state index contributed by atoms with van der Waals surface area (Å²) < 4.78 is 11.0. The van der Waals surface area contributed by atoms with Gasteiger partial charge in [0.25, 0.3) is 0 Å². The van der Waals surface area contributed by atoms with Crippen LogP contribution in [-0.4, -0.2) is 18.8 Å². The van der Waals surface area contributed by atoms with Crippen LogP contribution in [0, 0.1) is 12.8 Å². The molecule has 1 aromatic carbocycles. The standard InChI is InChI=1S/C15H22O2/c1-5-16-14-7-6-13(10(2)9-14)8-11(3)15-12(4)17-15/h6-7,9,11-12,15H,5,8H2,1-4H3. The molecule has 94 valence electrons. The van der Waals surface area contributed by atoms with Crippen molar-refractivity contribution in [3.05, 3.63) is 29.3 Å². The Balaban J connectivity index is 2.00. The molecule has 0 saturated carbocycles. The third-order valence-electron chi connectivity index (χ3n) is 3.49. The van der Waals surface area contributed by atoms with Crippen LogP contribution in [0.25, 0.3) is 0 Å². The molecule has 1 saturated heterocycles. The van der Waals surface area contributed by atoms with Crippen molar-refractivity contribution in [1.29, 1.82) is 0 Å². The van der Waals surface area contributed by atoms with Crippen LogP contribution < -0.4 is 4.74 Å². The largest absolute Gasteiger partial charge is 0.494 e. The van der Waals surface area contributed by atoms with Crippen LogP contribution in [0.15, 0.2) is 18.2 Å². The van der Waals surface area contributed by atoms with Gasteiger partial charge in [0.2, 0.25) is 0 Å². The highest BCUT2D eigenvalue weighted by Gasteiger charge is 2.38. The Hall–Kier alpha value is -1.02. The molecule has 0 amide bonds. The first-order valence-corrected chi connectivity index (χ1v) is 6.49. The lowest BCUT2D eigenvalue weighted by Crippen LogP contribution is -2.10. The summed E-state index contributed by atoms with van der Waals surface area (Å²) in [5.74, 6) is 1.57. The van der Waals surface area contributed by atoms with Gasteiger partial charge in [0.05, 0.1) is 18.8 Å². The van der Waals surface area contributed by atoms with Gasteiger partial charge in [-0.2, -0.15) is 0 Å². The Morgan fingerprint density at radius 1 is 1.41 bits per heavy atom. The summed E-state index contributed by atoms with van der Waals surface area (Å²) in [5, 5.41) is 0. The van der Waals surface area contributed by atoms with Crippen LogP contribution in [0.3, 0.4) is 0 Å². The zero-order chi connectivity index (χ0) is 12.4. The van der Waals surface area contributed by atoms with Gasteiger partial charge in [0.15, 0.2) is 0 Å². The molecule has 1 fully saturated rings. The topological polar surface area (TPSA) is 21.8 Å². The van der Waals surface area contributed by atoms with E-state index in [2.05, 4.69) is 39.0 Å². The molecule has 0 bridgehead atoms. The fourth-order valence-corrected chi connectivity index (χ4v) is 2.42. The van der Waals surface area contributed by atoms with Crippen molar-refractivity contribution in [2.24, 2.45) is 5.92 Å². The number of benzene rings is 1. The van der Waals surface area contributed by atoms with Gasteiger partial charge < -0.3 is 9.47 Å². The molecule has 1 aromatic rings. The van der Waals surface area contributed by atoms with Crippen molar-refractivity contribution in [2.45, 2.75) is 46.3 Å². The van der Waals surface area contributed by atoms with Gasteiger partial charge in [-0.15, -0.1) is 0 Å². The minimum Gasteiger partial charge on any atom is -0.494 e. The van der Waals surface area contributed by atoms with Crippen LogP contribution in [0.4, 0.5) is 0 Å². The second kappa shape index (κ2) is 5.09. The van der Waals surface area contributed by atoms with Gasteiger partial charge in [0, 0.05) is 0 Å². The monoisotopic (exact) mass is 234 g/mol. The Labute approximate surface area is 104 Å². The minimum atomic E-state index is 0.452. The smallest absolute Gasteiger partial charge is 0.119 e. The van der Waals surface area contributed by atoms with E-state index in [1.54, 1.807) is 0 Å². The zero-order valence-electron chi connectivity index (χ0n) is 11.2. The van der Waals surface area contributed by atoms with Crippen LogP contribution in [0.2, 0.25) is 0 Å². The summed E-state index contributed by atoms with van der Waals surface area (Å²) >= 11 is 0. The lowest BCUT2D eigenvalue weighted by atomic mass is 9.94. The molecule has 17 heavy (non-hydrogen) atoms. The number of hydrogen-bond donors (Lipinski definition) is 0. The molecule has 0 radical (unpaired) electrons. The van der Waals surface area contributed by atoms with E-state index in [1.165, 1.54) is 11.1 Å². The molecule has 3 unspecified atom stereocenters. The van der Waals surface area contributed by atoms with Crippen molar-refractivity contribution in [1.82, 2.24) is 0 Å². The van der Waals surface area contributed by atoms with Crippen LogP contribution in [0.1, 0.15) is 31.9 Å². The average molecular weight is 234 g/mol. The van der Waals surface area contributed by atoms with E-state index in [1.807, 2.05) is 6.92 Å². The van der Waals surface area contributed by atoms with Crippen molar-refractivity contribution in [3.8, 4) is 5.75 Å². The summed E-state index contributed by atoms with van der Waals surface area (Å²) in [4.78, 5) is 0. The lowest BCUT2D eigenvalue weighted by Gasteiger charge is -2.12. The molecular formula is C15H22O2. The maximum absolute atomic E-state index is 5.53. The van der Waals surface area contributed by atoms with E-state index >= 15 is 0 Å². The van der Waals surface area contributed by atoms with Gasteiger partial charge in [-0.05, 0) is 56.4 Å². The SMILES string of the molecule is CCOc1ccc(CC(C)C2OC2C)c(C)c1. The Bertz CT molecular complexity index is 387. The molecule has 1 heterocycles. The lowest BCUT2D eigenvalue weighted by molar-refractivity contribution is 0.327. The quantitative estimate of drug-likeness (QED) is 0.729. The maximum atomic E-state index is 5.53. The number of ether oxygens (including phenoxy) is 2. The van der Waals surface area contributed by atoms with Crippen molar-refractivity contribution in [3.63, 3.8) is 0 Å². The molecule has 2 heteroatoms. The van der Waals surface area contributed by atoms with Crippen molar-refractivity contribution >= 4 is 0 Å². The zero-order valence-corrected chi connectivity index (χ0v) is 11.2. The molecule has 0 N–H and O–H groups in total. The maximum Gasteiger partial charge on any atom is 0.119 e. The van der Waals surface area contributed by atoms with E-state index in [4.69, 9.17) is 9.47 Å². The van der Waals surface area contributed by atoms with Gasteiger partial charge in [0.1, 0.15) is 5.75 Å².